The lowest BCUT2D eigenvalue weighted by molar-refractivity contribution is -0.122. The number of nitrogens with one attached hydrogen (secondary N) is 1. The summed E-state index contributed by atoms with van der Waals surface area (Å²) in [6.07, 6.45) is 8.65. The molecular weight excluding hydrogens is 266 g/mol. The lowest BCUT2D eigenvalue weighted by Gasteiger charge is -2.24. The summed E-state index contributed by atoms with van der Waals surface area (Å²) in [5.41, 5.74) is 5.88. The molecule has 6 nitrogen and oxygen atoms in total. The Morgan fingerprint density at radius 1 is 1.43 bits per heavy atom. The Labute approximate surface area is 126 Å². The zero-order chi connectivity index (χ0) is 15.2. The highest BCUT2D eigenvalue weighted by atomic mass is 16.2. The molecule has 118 valence electrons. The Balaban J connectivity index is 1.88. The van der Waals surface area contributed by atoms with Crippen molar-refractivity contribution in [3.63, 3.8) is 0 Å². The number of hydrogen-bond acceptors (Lipinski definition) is 4. The van der Waals surface area contributed by atoms with Gasteiger partial charge in [0.25, 0.3) is 0 Å². The van der Waals surface area contributed by atoms with Gasteiger partial charge in [-0.25, -0.2) is 0 Å². The van der Waals surface area contributed by atoms with E-state index in [2.05, 4.69) is 33.9 Å². The SMILES string of the molecule is CC(C)C[C@@H](N)C(=O)NCc1nncn1C1CCCCC1. The zero-order valence-corrected chi connectivity index (χ0v) is 13.1. The molecule has 1 aliphatic carbocycles. The first-order valence-electron chi connectivity index (χ1n) is 7.99. The fraction of sp³-hybridized carbons (Fsp3) is 0.800. The molecule has 6 heteroatoms. The molecule has 21 heavy (non-hydrogen) atoms. The number of nitrogens with two attached hydrogens (primary N) is 1. The first-order chi connectivity index (χ1) is 10.1. The van der Waals surface area contributed by atoms with Gasteiger partial charge in [-0.2, -0.15) is 0 Å². The smallest absolute Gasteiger partial charge is 0.237 e. The second kappa shape index (κ2) is 7.54. The van der Waals surface area contributed by atoms with Crippen LogP contribution < -0.4 is 11.1 Å². The van der Waals surface area contributed by atoms with E-state index in [1.807, 2.05) is 0 Å². The molecule has 1 atom stereocenters. The van der Waals surface area contributed by atoms with Crippen molar-refractivity contribution in [3.05, 3.63) is 12.2 Å². The monoisotopic (exact) mass is 293 g/mol. The van der Waals surface area contributed by atoms with Crippen molar-refractivity contribution in [1.82, 2.24) is 20.1 Å². The number of hydrogen-bond donors (Lipinski definition) is 2. The van der Waals surface area contributed by atoms with Gasteiger partial charge in [0, 0.05) is 6.04 Å². The van der Waals surface area contributed by atoms with Gasteiger partial charge in [-0.05, 0) is 25.2 Å². The van der Waals surface area contributed by atoms with Crippen LogP contribution >= 0.6 is 0 Å². The quantitative estimate of drug-likeness (QED) is 0.837. The van der Waals surface area contributed by atoms with Crippen molar-refractivity contribution in [3.8, 4) is 0 Å². The topological polar surface area (TPSA) is 85.8 Å². The standard InChI is InChI=1S/C15H27N5O/c1-11(2)8-13(16)15(21)17-9-14-19-18-10-20(14)12-6-4-3-5-7-12/h10-13H,3-9,16H2,1-2H3,(H,17,21)/t13-/m1/s1. The van der Waals surface area contributed by atoms with Gasteiger partial charge >= 0.3 is 0 Å². The average Bonchev–Trinajstić information content (AvgIpc) is 2.93. The zero-order valence-electron chi connectivity index (χ0n) is 13.1. The molecule has 1 heterocycles. The molecule has 0 saturated heterocycles. The normalized spacial score (nSPS) is 17.9. The van der Waals surface area contributed by atoms with Crippen molar-refractivity contribution in [2.24, 2.45) is 11.7 Å². The Bertz CT molecular complexity index is 451. The second-order valence-corrected chi connectivity index (χ2v) is 6.40. The molecule has 0 aromatic carbocycles. The van der Waals surface area contributed by atoms with Crippen molar-refractivity contribution < 1.29 is 4.79 Å². The predicted octanol–water partition coefficient (Wildman–Crippen LogP) is 1.77. The summed E-state index contributed by atoms with van der Waals surface area (Å²) in [6, 6.07) is 0.0287. The van der Waals surface area contributed by atoms with E-state index < -0.39 is 6.04 Å². The van der Waals surface area contributed by atoms with Crippen LogP contribution in [0, 0.1) is 5.92 Å². The van der Waals surface area contributed by atoms with Crippen LogP contribution in [-0.4, -0.2) is 26.7 Å². The van der Waals surface area contributed by atoms with Crippen molar-refractivity contribution in [2.75, 3.05) is 0 Å². The number of carbonyl (C=O) groups excluding carboxylic acids is 1. The van der Waals surface area contributed by atoms with Gasteiger partial charge < -0.3 is 15.6 Å². The third kappa shape index (κ3) is 4.52. The van der Waals surface area contributed by atoms with E-state index in [-0.39, 0.29) is 5.91 Å². The molecule has 0 bridgehead atoms. The maximum absolute atomic E-state index is 12.0. The van der Waals surface area contributed by atoms with Crippen molar-refractivity contribution in [1.29, 1.82) is 0 Å². The minimum Gasteiger partial charge on any atom is -0.347 e. The summed E-state index contributed by atoms with van der Waals surface area (Å²) in [6.45, 7) is 4.53. The van der Waals surface area contributed by atoms with Gasteiger partial charge in [0.05, 0.1) is 12.6 Å². The molecule has 1 fully saturated rings. The Kier molecular flexibility index (Phi) is 5.73. The highest BCUT2D eigenvalue weighted by Crippen LogP contribution is 2.28. The molecule has 0 radical (unpaired) electrons. The molecule has 3 N–H and O–H groups in total. The summed E-state index contributed by atoms with van der Waals surface area (Å²) in [4.78, 5) is 12.0. The largest absolute Gasteiger partial charge is 0.347 e. The molecule has 1 aliphatic rings. The van der Waals surface area contributed by atoms with Gasteiger partial charge in [0.2, 0.25) is 5.91 Å². The van der Waals surface area contributed by atoms with Gasteiger partial charge in [-0.3, -0.25) is 4.79 Å². The van der Waals surface area contributed by atoms with E-state index >= 15 is 0 Å². The molecule has 2 rings (SSSR count). The van der Waals surface area contributed by atoms with Crippen LogP contribution in [0.25, 0.3) is 0 Å². The number of carbonyl (C=O) groups is 1. The third-order valence-corrected chi connectivity index (χ3v) is 4.10. The summed E-state index contributed by atoms with van der Waals surface area (Å²) >= 11 is 0. The van der Waals surface area contributed by atoms with E-state index in [1.54, 1.807) is 6.33 Å². The van der Waals surface area contributed by atoms with Gasteiger partial charge in [0.15, 0.2) is 5.82 Å². The van der Waals surface area contributed by atoms with E-state index in [1.165, 1.54) is 32.1 Å². The lowest BCUT2D eigenvalue weighted by Crippen LogP contribution is -2.41. The van der Waals surface area contributed by atoms with Crippen molar-refractivity contribution in [2.45, 2.75) is 71.0 Å². The maximum Gasteiger partial charge on any atom is 0.237 e. The number of amides is 1. The third-order valence-electron chi connectivity index (χ3n) is 4.10. The van der Waals surface area contributed by atoms with E-state index in [0.29, 0.717) is 24.9 Å². The van der Waals surface area contributed by atoms with Gasteiger partial charge in [0.1, 0.15) is 6.33 Å². The Morgan fingerprint density at radius 3 is 2.81 bits per heavy atom. The van der Waals surface area contributed by atoms with Crippen LogP contribution in [0.2, 0.25) is 0 Å². The molecule has 0 spiro atoms. The first kappa shape index (κ1) is 15.9. The Morgan fingerprint density at radius 2 is 2.14 bits per heavy atom. The number of rotatable bonds is 6. The minimum absolute atomic E-state index is 0.109. The number of nitrogens with zero attached hydrogens (tertiary/aromatic N) is 3. The first-order valence-corrected chi connectivity index (χ1v) is 7.99. The maximum atomic E-state index is 12.0. The molecule has 0 aliphatic heterocycles. The lowest BCUT2D eigenvalue weighted by atomic mass is 9.95. The fourth-order valence-electron chi connectivity index (χ4n) is 2.97. The van der Waals surface area contributed by atoms with Crippen LogP contribution in [0.5, 0.6) is 0 Å². The van der Waals surface area contributed by atoms with Crippen molar-refractivity contribution >= 4 is 5.91 Å². The predicted molar refractivity (Wildman–Crippen MR) is 81.4 cm³/mol. The molecule has 1 amide bonds. The number of aromatic nitrogens is 3. The van der Waals surface area contributed by atoms with E-state index in [4.69, 9.17) is 5.73 Å². The molecule has 1 aromatic rings. The highest BCUT2D eigenvalue weighted by molar-refractivity contribution is 5.81. The minimum atomic E-state index is -0.448. The van der Waals surface area contributed by atoms with Crippen LogP contribution in [0.15, 0.2) is 6.33 Å². The Hall–Kier alpha value is -1.43. The summed E-state index contributed by atoms with van der Waals surface area (Å²) in [7, 11) is 0. The summed E-state index contributed by atoms with van der Waals surface area (Å²) < 4.78 is 2.12. The van der Waals surface area contributed by atoms with Crippen LogP contribution in [0.3, 0.4) is 0 Å². The average molecular weight is 293 g/mol. The second-order valence-electron chi connectivity index (χ2n) is 6.40. The summed E-state index contributed by atoms with van der Waals surface area (Å²) in [5.74, 6) is 1.13. The van der Waals surface area contributed by atoms with E-state index in [9.17, 15) is 4.79 Å². The van der Waals surface area contributed by atoms with E-state index in [0.717, 1.165) is 5.82 Å². The summed E-state index contributed by atoms with van der Waals surface area (Å²) in [5, 5.41) is 11.0. The van der Waals surface area contributed by atoms with Gasteiger partial charge in [-0.1, -0.05) is 33.1 Å². The molecule has 1 aromatic heterocycles. The molecular formula is C15H27N5O. The highest BCUT2D eigenvalue weighted by Gasteiger charge is 2.20. The fourth-order valence-corrected chi connectivity index (χ4v) is 2.97. The van der Waals surface area contributed by atoms with Gasteiger partial charge in [-0.15, -0.1) is 10.2 Å². The van der Waals surface area contributed by atoms with Crippen LogP contribution in [0.4, 0.5) is 0 Å². The van der Waals surface area contributed by atoms with Crippen LogP contribution in [-0.2, 0) is 11.3 Å². The van der Waals surface area contributed by atoms with Crippen LogP contribution in [0.1, 0.15) is 64.2 Å². The molecule has 0 unspecified atom stereocenters. The molecule has 1 saturated carbocycles.